The summed E-state index contributed by atoms with van der Waals surface area (Å²) in [6, 6.07) is 7.60. The Morgan fingerprint density at radius 3 is 2.64 bits per heavy atom. The Hall–Kier alpha value is -3.83. The molecule has 0 amide bonds. The molecular weight excluding hydrogens is 489 g/mol. The number of aromatic carboxylic acids is 1. The van der Waals surface area contributed by atoms with Gasteiger partial charge in [-0.3, -0.25) is 4.90 Å². The number of imidazole rings is 1. The highest BCUT2D eigenvalue weighted by Crippen LogP contribution is 2.26. The second kappa shape index (κ2) is 10.0. The molecule has 0 unspecified atom stereocenters. The molecule has 0 bridgehead atoms. The van der Waals surface area contributed by atoms with Crippen LogP contribution in [0.15, 0.2) is 42.7 Å². The first kappa shape index (κ1) is 23.9. The SMILES string of the molecule is Cn1c(CN2CCN(c3nccnc3OCc3ccc(Cl)cc3F)CC2)nc2ccc(C(=O)O)nc21. The monoisotopic (exact) mass is 511 g/mol. The van der Waals surface area contributed by atoms with Gasteiger partial charge >= 0.3 is 5.97 Å². The third-order valence-corrected chi connectivity index (χ3v) is 6.33. The van der Waals surface area contributed by atoms with Crippen molar-refractivity contribution in [2.24, 2.45) is 7.05 Å². The quantitative estimate of drug-likeness (QED) is 0.400. The number of halogens is 2. The van der Waals surface area contributed by atoms with Crippen LogP contribution in [-0.4, -0.2) is 66.7 Å². The van der Waals surface area contributed by atoms with E-state index in [1.807, 2.05) is 11.6 Å². The number of rotatable bonds is 7. The predicted octanol–water partition coefficient (Wildman–Crippen LogP) is 3.15. The van der Waals surface area contributed by atoms with Gasteiger partial charge in [0.1, 0.15) is 23.8 Å². The number of hydrogen-bond acceptors (Lipinski definition) is 8. The van der Waals surface area contributed by atoms with Gasteiger partial charge in [-0.05, 0) is 24.3 Å². The second-order valence-electron chi connectivity index (χ2n) is 8.40. The van der Waals surface area contributed by atoms with Gasteiger partial charge in [0.25, 0.3) is 5.88 Å². The van der Waals surface area contributed by atoms with E-state index in [0.717, 1.165) is 18.9 Å². The summed E-state index contributed by atoms with van der Waals surface area (Å²) >= 11 is 5.83. The van der Waals surface area contributed by atoms with Crippen molar-refractivity contribution in [1.29, 1.82) is 0 Å². The summed E-state index contributed by atoms with van der Waals surface area (Å²) in [6.45, 7) is 3.49. The van der Waals surface area contributed by atoms with Crippen LogP contribution < -0.4 is 9.64 Å². The summed E-state index contributed by atoms with van der Waals surface area (Å²) in [7, 11) is 1.84. The third-order valence-electron chi connectivity index (χ3n) is 6.09. The molecule has 3 aromatic heterocycles. The molecule has 36 heavy (non-hydrogen) atoms. The minimum absolute atomic E-state index is 0.00791. The van der Waals surface area contributed by atoms with Gasteiger partial charge in [0, 0.05) is 56.2 Å². The maximum absolute atomic E-state index is 14.1. The number of carbonyl (C=O) groups is 1. The van der Waals surface area contributed by atoms with Crippen molar-refractivity contribution in [2.45, 2.75) is 13.2 Å². The number of carboxylic acids is 1. The van der Waals surface area contributed by atoms with E-state index in [-0.39, 0.29) is 12.3 Å². The van der Waals surface area contributed by atoms with Crippen LogP contribution in [0.1, 0.15) is 21.9 Å². The van der Waals surface area contributed by atoms with Crippen LogP contribution >= 0.6 is 11.6 Å². The summed E-state index contributed by atoms with van der Waals surface area (Å²) in [4.78, 5) is 33.2. The van der Waals surface area contributed by atoms with E-state index in [4.69, 9.17) is 16.3 Å². The summed E-state index contributed by atoms with van der Waals surface area (Å²) in [6.07, 6.45) is 3.15. The first-order chi connectivity index (χ1) is 17.4. The van der Waals surface area contributed by atoms with Crippen LogP contribution in [0.25, 0.3) is 11.2 Å². The van der Waals surface area contributed by atoms with Gasteiger partial charge in [-0.15, -0.1) is 0 Å². The first-order valence-electron chi connectivity index (χ1n) is 11.3. The van der Waals surface area contributed by atoms with Crippen LogP contribution in [0.4, 0.5) is 10.2 Å². The van der Waals surface area contributed by atoms with Crippen molar-refractivity contribution in [3.05, 3.63) is 70.6 Å². The number of ether oxygens (including phenoxy) is 1. The highest BCUT2D eigenvalue weighted by molar-refractivity contribution is 6.30. The van der Waals surface area contributed by atoms with Gasteiger partial charge in [0.2, 0.25) is 0 Å². The molecule has 4 heterocycles. The molecule has 0 radical (unpaired) electrons. The molecule has 0 aliphatic carbocycles. The van der Waals surface area contributed by atoms with Crippen LogP contribution in [0.5, 0.6) is 5.88 Å². The summed E-state index contributed by atoms with van der Waals surface area (Å²) in [5.74, 6) is 0.261. The number of pyridine rings is 1. The van der Waals surface area contributed by atoms with Crippen molar-refractivity contribution < 1.29 is 19.0 Å². The lowest BCUT2D eigenvalue weighted by molar-refractivity contribution is 0.0691. The van der Waals surface area contributed by atoms with Crippen molar-refractivity contribution in [1.82, 2.24) is 29.4 Å². The molecule has 10 nitrogen and oxygen atoms in total. The topological polar surface area (TPSA) is 110 Å². The highest BCUT2D eigenvalue weighted by atomic mass is 35.5. The molecule has 1 saturated heterocycles. The number of hydrogen-bond donors (Lipinski definition) is 1. The van der Waals surface area contributed by atoms with Gasteiger partial charge in [-0.25, -0.2) is 29.1 Å². The maximum atomic E-state index is 14.1. The van der Waals surface area contributed by atoms with Crippen molar-refractivity contribution in [2.75, 3.05) is 31.1 Å². The Morgan fingerprint density at radius 1 is 1.11 bits per heavy atom. The second-order valence-corrected chi connectivity index (χ2v) is 8.84. The average Bonchev–Trinajstić information content (AvgIpc) is 3.18. The van der Waals surface area contributed by atoms with E-state index in [1.165, 1.54) is 12.1 Å². The minimum Gasteiger partial charge on any atom is -0.477 e. The fourth-order valence-corrected chi connectivity index (χ4v) is 4.27. The lowest BCUT2D eigenvalue weighted by Gasteiger charge is -2.35. The van der Waals surface area contributed by atoms with E-state index >= 15 is 0 Å². The van der Waals surface area contributed by atoms with E-state index in [9.17, 15) is 14.3 Å². The van der Waals surface area contributed by atoms with Crippen molar-refractivity contribution in [3.63, 3.8) is 0 Å². The highest BCUT2D eigenvalue weighted by Gasteiger charge is 2.23. The van der Waals surface area contributed by atoms with Gasteiger partial charge in [0.05, 0.1) is 6.54 Å². The Labute approximate surface area is 210 Å². The van der Waals surface area contributed by atoms with Crippen LogP contribution in [0.2, 0.25) is 5.02 Å². The normalized spacial score (nSPS) is 14.4. The van der Waals surface area contributed by atoms with E-state index < -0.39 is 11.8 Å². The Kier molecular flexibility index (Phi) is 6.66. The number of aromatic nitrogens is 5. The molecule has 1 N–H and O–H groups in total. The Balaban J connectivity index is 1.23. The molecule has 1 aromatic carbocycles. The summed E-state index contributed by atoms with van der Waals surface area (Å²) in [5.41, 5.74) is 1.58. The molecule has 186 valence electrons. The summed E-state index contributed by atoms with van der Waals surface area (Å²) in [5, 5.41) is 9.54. The summed E-state index contributed by atoms with van der Waals surface area (Å²) < 4.78 is 21.8. The van der Waals surface area contributed by atoms with Gasteiger partial charge in [-0.2, -0.15) is 0 Å². The largest absolute Gasteiger partial charge is 0.477 e. The molecular formula is C24H23ClFN7O3. The maximum Gasteiger partial charge on any atom is 0.354 e. The number of anilines is 1. The molecule has 0 atom stereocenters. The molecule has 4 aromatic rings. The zero-order valence-corrected chi connectivity index (χ0v) is 20.2. The minimum atomic E-state index is -1.07. The van der Waals surface area contributed by atoms with E-state index in [0.29, 0.717) is 53.1 Å². The Bertz CT molecular complexity index is 1420. The van der Waals surface area contributed by atoms with Gasteiger partial charge in [-0.1, -0.05) is 17.7 Å². The predicted molar refractivity (Wildman–Crippen MR) is 131 cm³/mol. The molecule has 1 aliphatic heterocycles. The lowest BCUT2D eigenvalue weighted by Crippen LogP contribution is -2.46. The fraction of sp³-hybridized carbons (Fsp3) is 0.292. The van der Waals surface area contributed by atoms with Gasteiger partial charge in [0.15, 0.2) is 17.2 Å². The van der Waals surface area contributed by atoms with Crippen LogP contribution in [-0.2, 0) is 20.2 Å². The van der Waals surface area contributed by atoms with Crippen molar-refractivity contribution in [3.8, 4) is 5.88 Å². The Morgan fingerprint density at radius 2 is 1.89 bits per heavy atom. The zero-order valence-electron chi connectivity index (χ0n) is 19.4. The fourth-order valence-electron chi connectivity index (χ4n) is 4.11. The molecule has 12 heteroatoms. The number of carboxylic acid groups (broad SMARTS) is 1. The first-order valence-corrected chi connectivity index (χ1v) is 11.7. The van der Waals surface area contributed by atoms with E-state index in [1.54, 1.807) is 30.6 Å². The van der Waals surface area contributed by atoms with Crippen LogP contribution in [0, 0.1) is 5.82 Å². The molecule has 0 spiro atoms. The molecule has 1 fully saturated rings. The third kappa shape index (κ3) is 4.93. The van der Waals surface area contributed by atoms with Gasteiger partial charge < -0.3 is 19.3 Å². The number of aryl methyl sites for hydroxylation is 1. The molecule has 1 aliphatic rings. The smallest absolute Gasteiger partial charge is 0.354 e. The standard InChI is InChI=1S/C24H23ClFN7O3/c1-31-20(29-18-4-5-19(24(34)35)30-21(18)31)13-32-8-10-33(11-9-32)22-23(28-7-6-27-22)36-14-15-2-3-16(25)12-17(15)26/h2-7,12H,8-11,13-14H2,1H3,(H,34,35). The molecule has 5 rings (SSSR count). The number of piperazine rings is 1. The van der Waals surface area contributed by atoms with Crippen molar-refractivity contribution >= 4 is 34.6 Å². The zero-order chi connectivity index (χ0) is 25.2. The molecule has 0 saturated carbocycles. The number of benzene rings is 1. The van der Waals surface area contributed by atoms with Crippen LogP contribution in [0.3, 0.4) is 0 Å². The lowest BCUT2D eigenvalue weighted by atomic mass is 10.2. The number of nitrogens with zero attached hydrogens (tertiary/aromatic N) is 7. The van der Waals surface area contributed by atoms with E-state index in [2.05, 4.69) is 29.7 Å². The number of fused-ring (bicyclic) bond motifs is 1. The average molecular weight is 512 g/mol.